The van der Waals surface area contributed by atoms with Crippen LogP contribution in [0.15, 0.2) is 59.5 Å². The molecule has 0 radical (unpaired) electrons. The number of carbonyl (C=O) groups is 1. The van der Waals surface area contributed by atoms with Crippen molar-refractivity contribution in [3.8, 4) is 0 Å². The van der Waals surface area contributed by atoms with Crippen molar-refractivity contribution in [3.05, 3.63) is 71.6 Å². The predicted octanol–water partition coefficient (Wildman–Crippen LogP) is 4.22. The van der Waals surface area contributed by atoms with E-state index in [1.807, 2.05) is 24.3 Å². The number of carboxylic acid groups (broad SMARTS) is 1. The number of carboxylic acids is 1. The van der Waals surface area contributed by atoms with Crippen molar-refractivity contribution in [2.75, 3.05) is 0 Å². The molecular formula is C16H13FO2S. The second-order valence-corrected chi connectivity index (χ2v) is 5.21. The fourth-order valence-corrected chi connectivity index (χ4v) is 2.49. The summed E-state index contributed by atoms with van der Waals surface area (Å²) >= 11 is 1.61. The number of benzene rings is 2. The first-order valence-electron chi connectivity index (χ1n) is 6.02. The average molecular weight is 288 g/mol. The maximum atomic E-state index is 12.8. The van der Waals surface area contributed by atoms with Crippen molar-refractivity contribution < 1.29 is 14.3 Å². The van der Waals surface area contributed by atoms with Crippen LogP contribution in [0.4, 0.5) is 4.39 Å². The van der Waals surface area contributed by atoms with Gasteiger partial charge >= 0.3 is 5.97 Å². The van der Waals surface area contributed by atoms with E-state index in [2.05, 4.69) is 0 Å². The molecule has 2 aromatic rings. The number of hydrogen-bond acceptors (Lipinski definition) is 2. The third-order valence-corrected chi connectivity index (χ3v) is 3.67. The molecule has 0 saturated carbocycles. The molecule has 0 heterocycles. The zero-order valence-corrected chi connectivity index (χ0v) is 11.4. The molecule has 0 amide bonds. The molecule has 102 valence electrons. The smallest absolute Gasteiger partial charge is 0.328 e. The van der Waals surface area contributed by atoms with Gasteiger partial charge in [-0.2, -0.15) is 0 Å². The highest BCUT2D eigenvalue weighted by atomic mass is 32.2. The largest absolute Gasteiger partial charge is 0.478 e. The summed E-state index contributed by atoms with van der Waals surface area (Å²) < 4.78 is 12.8. The summed E-state index contributed by atoms with van der Waals surface area (Å²) in [7, 11) is 0. The minimum atomic E-state index is -0.962. The topological polar surface area (TPSA) is 37.3 Å². The van der Waals surface area contributed by atoms with Crippen LogP contribution in [0.5, 0.6) is 0 Å². The van der Waals surface area contributed by atoms with Crippen molar-refractivity contribution in [1.82, 2.24) is 0 Å². The highest BCUT2D eigenvalue weighted by molar-refractivity contribution is 7.98. The molecule has 0 aliphatic carbocycles. The number of rotatable bonds is 5. The van der Waals surface area contributed by atoms with Crippen molar-refractivity contribution in [3.63, 3.8) is 0 Å². The molecule has 0 unspecified atom stereocenters. The van der Waals surface area contributed by atoms with Crippen molar-refractivity contribution in [1.29, 1.82) is 0 Å². The summed E-state index contributed by atoms with van der Waals surface area (Å²) in [5.74, 6) is -0.452. The molecule has 0 atom stereocenters. The van der Waals surface area contributed by atoms with E-state index in [1.54, 1.807) is 30.0 Å². The zero-order valence-electron chi connectivity index (χ0n) is 10.6. The molecule has 1 N–H and O–H groups in total. The second-order valence-electron chi connectivity index (χ2n) is 4.16. The Labute approximate surface area is 121 Å². The molecule has 0 aliphatic heterocycles. The Balaban J connectivity index is 2.01. The van der Waals surface area contributed by atoms with E-state index >= 15 is 0 Å². The highest BCUT2D eigenvalue weighted by Crippen LogP contribution is 2.23. The summed E-state index contributed by atoms with van der Waals surface area (Å²) in [6.07, 6.45) is 2.68. The third kappa shape index (κ3) is 4.55. The lowest BCUT2D eigenvalue weighted by Gasteiger charge is -2.03. The molecule has 0 aromatic heterocycles. The normalized spacial score (nSPS) is 10.8. The van der Waals surface area contributed by atoms with Crippen molar-refractivity contribution in [2.45, 2.75) is 10.6 Å². The Bertz CT molecular complexity index is 621. The van der Waals surface area contributed by atoms with Crippen LogP contribution < -0.4 is 0 Å². The van der Waals surface area contributed by atoms with Crippen molar-refractivity contribution in [2.24, 2.45) is 0 Å². The van der Waals surface area contributed by atoms with Gasteiger partial charge in [0.25, 0.3) is 0 Å². The number of halogens is 1. The lowest BCUT2D eigenvalue weighted by atomic mass is 10.1. The third-order valence-electron chi connectivity index (χ3n) is 2.59. The molecule has 0 spiro atoms. The van der Waals surface area contributed by atoms with Gasteiger partial charge in [-0.25, -0.2) is 9.18 Å². The molecule has 0 fully saturated rings. The zero-order chi connectivity index (χ0) is 14.4. The lowest BCUT2D eigenvalue weighted by Crippen LogP contribution is -1.86. The van der Waals surface area contributed by atoms with E-state index in [9.17, 15) is 9.18 Å². The van der Waals surface area contributed by atoms with Crippen LogP contribution in [0.3, 0.4) is 0 Å². The Morgan fingerprint density at radius 1 is 1.20 bits per heavy atom. The van der Waals surface area contributed by atoms with Crippen LogP contribution in [0, 0.1) is 5.82 Å². The maximum Gasteiger partial charge on any atom is 0.328 e. The van der Waals surface area contributed by atoms with Crippen LogP contribution in [0.2, 0.25) is 0 Å². The minimum absolute atomic E-state index is 0.241. The summed E-state index contributed by atoms with van der Waals surface area (Å²) in [4.78, 5) is 11.5. The summed E-state index contributed by atoms with van der Waals surface area (Å²) in [5, 5.41) is 8.60. The lowest BCUT2D eigenvalue weighted by molar-refractivity contribution is -0.131. The molecule has 0 saturated heterocycles. The van der Waals surface area contributed by atoms with Gasteiger partial charge in [-0.15, -0.1) is 11.8 Å². The maximum absolute atomic E-state index is 12.8. The van der Waals surface area contributed by atoms with Gasteiger partial charge < -0.3 is 5.11 Å². The molecule has 2 rings (SSSR count). The molecule has 2 aromatic carbocycles. The van der Waals surface area contributed by atoms with Crippen LogP contribution >= 0.6 is 11.8 Å². The molecule has 2 nitrogen and oxygen atoms in total. The number of thioether (sulfide) groups is 1. The van der Waals surface area contributed by atoms with Gasteiger partial charge in [0.1, 0.15) is 5.82 Å². The van der Waals surface area contributed by atoms with Gasteiger partial charge in [0, 0.05) is 16.7 Å². The summed E-state index contributed by atoms with van der Waals surface area (Å²) in [6.45, 7) is 0. The van der Waals surface area contributed by atoms with Gasteiger partial charge in [0.2, 0.25) is 0 Å². The second kappa shape index (κ2) is 6.91. The monoisotopic (exact) mass is 288 g/mol. The van der Waals surface area contributed by atoms with Crippen LogP contribution in [0.25, 0.3) is 6.08 Å². The highest BCUT2D eigenvalue weighted by Gasteiger charge is 1.98. The first-order chi connectivity index (χ1) is 9.63. The van der Waals surface area contributed by atoms with Gasteiger partial charge in [0.15, 0.2) is 0 Å². The average Bonchev–Trinajstić information content (AvgIpc) is 2.45. The van der Waals surface area contributed by atoms with E-state index in [0.717, 1.165) is 27.9 Å². The minimum Gasteiger partial charge on any atom is -0.478 e. The standard InChI is InChI=1S/C16H13FO2S/c17-14-5-7-15(8-6-14)20-11-13-3-1-2-12(10-13)4-9-16(18)19/h1-10H,11H2,(H,18,19). The molecule has 20 heavy (non-hydrogen) atoms. The summed E-state index contributed by atoms with van der Waals surface area (Å²) in [5.41, 5.74) is 1.94. The van der Waals surface area contributed by atoms with Crippen LogP contribution in [-0.2, 0) is 10.5 Å². The molecule has 0 bridgehead atoms. The first kappa shape index (κ1) is 14.3. The molecular weight excluding hydrogens is 275 g/mol. The number of hydrogen-bond donors (Lipinski definition) is 1. The van der Waals surface area contributed by atoms with Gasteiger partial charge in [-0.3, -0.25) is 0 Å². The van der Waals surface area contributed by atoms with E-state index < -0.39 is 5.97 Å². The van der Waals surface area contributed by atoms with Crippen LogP contribution in [0.1, 0.15) is 11.1 Å². The van der Waals surface area contributed by atoms with Crippen LogP contribution in [-0.4, -0.2) is 11.1 Å². The first-order valence-corrected chi connectivity index (χ1v) is 7.00. The Hall–Kier alpha value is -2.07. The Kier molecular flexibility index (Phi) is 4.96. The SMILES string of the molecule is O=C(O)C=Cc1cccc(CSc2ccc(F)cc2)c1. The number of aliphatic carboxylic acids is 1. The summed E-state index contributed by atoms with van der Waals surface area (Å²) in [6, 6.07) is 14.0. The Morgan fingerprint density at radius 2 is 1.95 bits per heavy atom. The van der Waals surface area contributed by atoms with E-state index in [-0.39, 0.29) is 5.82 Å². The van der Waals surface area contributed by atoms with Gasteiger partial charge in [0.05, 0.1) is 0 Å². The fraction of sp³-hybridized carbons (Fsp3) is 0.0625. The van der Waals surface area contributed by atoms with E-state index in [4.69, 9.17) is 5.11 Å². The predicted molar refractivity (Wildman–Crippen MR) is 79.1 cm³/mol. The van der Waals surface area contributed by atoms with E-state index in [0.29, 0.717) is 0 Å². The quantitative estimate of drug-likeness (QED) is 0.661. The molecule has 4 heteroatoms. The van der Waals surface area contributed by atoms with E-state index in [1.165, 1.54) is 12.1 Å². The van der Waals surface area contributed by atoms with Crippen molar-refractivity contribution >= 4 is 23.8 Å². The van der Waals surface area contributed by atoms with Gasteiger partial charge in [-0.05, 0) is 41.5 Å². The molecule has 0 aliphatic rings. The van der Waals surface area contributed by atoms with Gasteiger partial charge in [-0.1, -0.05) is 24.3 Å². The Morgan fingerprint density at radius 3 is 2.65 bits per heavy atom. The fourth-order valence-electron chi connectivity index (χ4n) is 1.65.